The highest BCUT2D eigenvalue weighted by atomic mass is 32.2. The van der Waals surface area contributed by atoms with Crippen LogP contribution in [0.2, 0.25) is 0 Å². The summed E-state index contributed by atoms with van der Waals surface area (Å²) >= 11 is 2.16. The predicted octanol–water partition coefficient (Wildman–Crippen LogP) is 2.47. The van der Waals surface area contributed by atoms with Crippen molar-refractivity contribution in [1.29, 1.82) is 0 Å². The first-order valence-electron chi connectivity index (χ1n) is 5.04. The van der Waals surface area contributed by atoms with Crippen molar-refractivity contribution >= 4 is 11.8 Å². The molecule has 0 aromatic carbocycles. The molecule has 2 heteroatoms. The van der Waals surface area contributed by atoms with Crippen LogP contribution in [0.25, 0.3) is 0 Å². The standard InChI is InChI=1S/C10H19NS/c1-7(2)9-4-10(5-9)11-6-8(3)12-10/h7-9,11H,4-6H2,1-3H3. The highest BCUT2D eigenvalue weighted by Crippen LogP contribution is 2.52. The molecule has 1 unspecified atom stereocenters. The Balaban J connectivity index is 1.87. The van der Waals surface area contributed by atoms with Crippen LogP contribution in [0, 0.1) is 11.8 Å². The Morgan fingerprint density at radius 1 is 1.42 bits per heavy atom. The molecule has 1 aliphatic heterocycles. The van der Waals surface area contributed by atoms with Crippen LogP contribution in [0.3, 0.4) is 0 Å². The summed E-state index contributed by atoms with van der Waals surface area (Å²) in [4.78, 5) is 0.508. The molecule has 70 valence electrons. The lowest BCUT2D eigenvalue weighted by atomic mass is 9.73. The molecule has 1 aliphatic carbocycles. The monoisotopic (exact) mass is 185 g/mol. The number of nitrogens with one attached hydrogen (secondary N) is 1. The van der Waals surface area contributed by atoms with Crippen LogP contribution >= 0.6 is 11.8 Å². The maximum atomic E-state index is 3.67. The molecular formula is C10H19NS. The van der Waals surface area contributed by atoms with Crippen molar-refractivity contribution in [3.63, 3.8) is 0 Å². The smallest absolute Gasteiger partial charge is 0.0654 e. The zero-order valence-corrected chi connectivity index (χ0v) is 9.08. The third kappa shape index (κ3) is 1.39. The van der Waals surface area contributed by atoms with Crippen molar-refractivity contribution in [2.45, 2.75) is 43.7 Å². The van der Waals surface area contributed by atoms with Crippen molar-refractivity contribution in [3.05, 3.63) is 0 Å². The number of rotatable bonds is 1. The fraction of sp³-hybridized carbons (Fsp3) is 1.00. The highest BCUT2D eigenvalue weighted by Gasteiger charge is 2.49. The van der Waals surface area contributed by atoms with Gasteiger partial charge in [-0.1, -0.05) is 20.8 Å². The average molecular weight is 185 g/mol. The van der Waals surface area contributed by atoms with Gasteiger partial charge in [0, 0.05) is 11.8 Å². The SMILES string of the molecule is CC1CNC2(CC(C(C)C)C2)S1. The van der Waals surface area contributed by atoms with Gasteiger partial charge in [0.2, 0.25) is 0 Å². The first-order valence-corrected chi connectivity index (χ1v) is 5.92. The van der Waals surface area contributed by atoms with Gasteiger partial charge in [0.15, 0.2) is 0 Å². The molecular weight excluding hydrogens is 166 g/mol. The van der Waals surface area contributed by atoms with Crippen LogP contribution in [0.1, 0.15) is 33.6 Å². The molecule has 0 aromatic rings. The molecule has 0 radical (unpaired) electrons. The molecule has 1 saturated heterocycles. The van der Waals surface area contributed by atoms with E-state index in [4.69, 9.17) is 0 Å². The second kappa shape index (κ2) is 2.91. The van der Waals surface area contributed by atoms with Crippen molar-refractivity contribution in [1.82, 2.24) is 5.32 Å². The first-order chi connectivity index (χ1) is 5.61. The molecule has 1 nitrogen and oxygen atoms in total. The third-order valence-electron chi connectivity index (χ3n) is 3.27. The van der Waals surface area contributed by atoms with E-state index in [1.807, 2.05) is 0 Å². The zero-order valence-electron chi connectivity index (χ0n) is 8.26. The van der Waals surface area contributed by atoms with E-state index in [9.17, 15) is 0 Å². The van der Waals surface area contributed by atoms with Gasteiger partial charge in [0.1, 0.15) is 0 Å². The van der Waals surface area contributed by atoms with E-state index in [1.165, 1.54) is 19.4 Å². The average Bonchev–Trinajstić information content (AvgIpc) is 2.27. The van der Waals surface area contributed by atoms with Crippen LogP contribution in [0.15, 0.2) is 0 Å². The summed E-state index contributed by atoms with van der Waals surface area (Å²) < 4.78 is 0. The van der Waals surface area contributed by atoms with E-state index in [1.54, 1.807) is 0 Å². The summed E-state index contributed by atoms with van der Waals surface area (Å²) in [7, 11) is 0. The quantitative estimate of drug-likeness (QED) is 0.673. The van der Waals surface area contributed by atoms with E-state index in [2.05, 4.69) is 37.8 Å². The van der Waals surface area contributed by atoms with Gasteiger partial charge in [-0.2, -0.15) is 0 Å². The molecule has 12 heavy (non-hydrogen) atoms. The van der Waals surface area contributed by atoms with Crippen LogP contribution < -0.4 is 5.32 Å². The topological polar surface area (TPSA) is 12.0 Å². The number of hydrogen-bond donors (Lipinski definition) is 1. The van der Waals surface area contributed by atoms with Crippen LogP contribution in [-0.2, 0) is 0 Å². The van der Waals surface area contributed by atoms with Gasteiger partial charge in [-0.15, -0.1) is 11.8 Å². The van der Waals surface area contributed by atoms with E-state index in [0.29, 0.717) is 4.87 Å². The second-order valence-electron chi connectivity index (χ2n) is 4.72. The Hall–Kier alpha value is 0.310. The molecule has 0 aromatic heterocycles. The third-order valence-corrected chi connectivity index (χ3v) is 4.76. The maximum Gasteiger partial charge on any atom is 0.0654 e. The minimum atomic E-state index is 0.508. The summed E-state index contributed by atoms with van der Waals surface area (Å²) in [6, 6.07) is 0. The lowest BCUT2D eigenvalue weighted by molar-refractivity contribution is 0.151. The van der Waals surface area contributed by atoms with Gasteiger partial charge in [0.25, 0.3) is 0 Å². The highest BCUT2D eigenvalue weighted by molar-refractivity contribution is 8.01. The molecule has 2 fully saturated rings. The predicted molar refractivity (Wildman–Crippen MR) is 55.3 cm³/mol. The van der Waals surface area contributed by atoms with E-state index in [0.717, 1.165) is 17.1 Å². The van der Waals surface area contributed by atoms with Crippen LogP contribution in [0.5, 0.6) is 0 Å². The summed E-state index contributed by atoms with van der Waals surface area (Å²) in [6.07, 6.45) is 2.80. The molecule has 1 N–H and O–H groups in total. The molecule has 2 aliphatic rings. The molecule has 1 saturated carbocycles. The molecule has 1 atom stereocenters. The van der Waals surface area contributed by atoms with Gasteiger partial charge < -0.3 is 5.32 Å². The zero-order chi connectivity index (χ0) is 8.77. The second-order valence-corrected chi connectivity index (χ2v) is 6.54. The van der Waals surface area contributed by atoms with Gasteiger partial charge in [0.05, 0.1) is 4.87 Å². The molecule has 1 spiro atoms. The van der Waals surface area contributed by atoms with Crippen molar-refractivity contribution in [3.8, 4) is 0 Å². The minimum Gasteiger partial charge on any atom is -0.302 e. The van der Waals surface area contributed by atoms with Crippen molar-refractivity contribution < 1.29 is 0 Å². The van der Waals surface area contributed by atoms with E-state index in [-0.39, 0.29) is 0 Å². The van der Waals surface area contributed by atoms with Crippen LogP contribution in [0.4, 0.5) is 0 Å². The Labute approximate surface area is 79.7 Å². The van der Waals surface area contributed by atoms with Gasteiger partial charge in [-0.3, -0.25) is 0 Å². The lowest BCUT2D eigenvalue weighted by Crippen LogP contribution is -2.50. The summed E-state index contributed by atoms with van der Waals surface area (Å²) in [5.74, 6) is 1.87. The van der Waals surface area contributed by atoms with E-state index >= 15 is 0 Å². The molecule has 2 rings (SSSR count). The summed E-state index contributed by atoms with van der Waals surface area (Å²) in [6.45, 7) is 8.24. The van der Waals surface area contributed by atoms with Crippen molar-refractivity contribution in [2.75, 3.05) is 6.54 Å². The molecule has 0 bridgehead atoms. The normalized spacial score (nSPS) is 47.0. The van der Waals surface area contributed by atoms with Gasteiger partial charge >= 0.3 is 0 Å². The minimum absolute atomic E-state index is 0.508. The first kappa shape index (κ1) is 8.89. The Bertz CT molecular complexity index is 173. The largest absolute Gasteiger partial charge is 0.302 e. The molecule has 0 amide bonds. The van der Waals surface area contributed by atoms with Gasteiger partial charge in [-0.05, 0) is 24.7 Å². The Morgan fingerprint density at radius 2 is 2.08 bits per heavy atom. The van der Waals surface area contributed by atoms with E-state index < -0.39 is 0 Å². The summed E-state index contributed by atoms with van der Waals surface area (Å²) in [5.41, 5.74) is 0. The van der Waals surface area contributed by atoms with Gasteiger partial charge in [-0.25, -0.2) is 0 Å². The van der Waals surface area contributed by atoms with Crippen LogP contribution in [-0.4, -0.2) is 16.7 Å². The Morgan fingerprint density at radius 3 is 2.50 bits per heavy atom. The fourth-order valence-corrected chi connectivity index (χ4v) is 4.02. The summed E-state index contributed by atoms with van der Waals surface area (Å²) in [5, 5.41) is 4.50. The number of thioether (sulfide) groups is 1. The molecule has 1 heterocycles. The number of hydrogen-bond acceptors (Lipinski definition) is 2. The lowest BCUT2D eigenvalue weighted by Gasteiger charge is -2.46. The Kier molecular flexibility index (Phi) is 2.16. The maximum absolute atomic E-state index is 3.67. The fourth-order valence-electron chi connectivity index (χ4n) is 2.30. The van der Waals surface area contributed by atoms with Crippen molar-refractivity contribution in [2.24, 2.45) is 11.8 Å².